The van der Waals surface area contributed by atoms with Crippen LogP contribution >= 0.6 is 0 Å². The number of hydrogen-bond donors (Lipinski definition) is 1. The van der Waals surface area contributed by atoms with E-state index in [9.17, 15) is 13.2 Å². The summed E-state index contributed by atoms with van der Waals surface area (Å²) >= 11 is 0. The van der Waals surface area contributed by atoms with Crippen LogP contribution in [0, 0.1) is 11.5 Å². The monoisotopic (exact) mass is 486 g/mol. The number of Topliss-reactive ketones (excluding diaryl/α,β-unsaturated/α-hetero) is 1. The van der Waals surface area contributed by atoms with E-state index in [1.807, 2.05) is 51.8 Å². The molecule has 35 heavy (non-hydrogen) atoms. The molecule has 0 fully saturated rings. The van der Waals surface area contributed by atoms with Gasteiger partial charge in [-0.15, -0.1) is 0 Å². The minimum atomic E-state index is -3.97. The SMILES string of the molecule is COc1nc(-c2ccccc2)n(Cc2ccc(-c3ccccc3S(=O)(=O)NC#N)cc2)c1C(C)=O. The lowest BCUT2D eigenvalue weighted by molar-refractivity contribution is 0.100. The van der Waals surface area contributed by atoms with Crippen molar-refractivity contribution in [3.8, 4) is 34.6 Å². The number of aromatic nitrogens is 2. The third-order valence-electron chi connectivity index (χ3n) is 5.46. The molecule has 0 aliphatic heterocycles. The topological polar surface area (TPSA) is 114 Å². The molecule has 0 spiro atoms. The van der Waals surface area contributed by atoms with Crippen LogP contribution in [-0.2, 0) is 16.6 Å². The Hall–Kier alpha value is -4.42. The van der Waals surface area contributed by atoms with E-state index in [0.29, 0.717) is 29.2 Å². The van der Waals surface area contributed by atoms with Gasteiger partial charge in [0.15, 0.2) is 12.0 Å². The van der Waals surface area contributed by atoms with E-state index in [1.165, 1.54) is 26.3 Å². The number of nitriles is 1. The number of hydrogen-bond acceptors (Lipinski definition) is 6. The number of benzene rings is 3. The Morgan fingerprint density at radius 1 is 1.00 bits per heavy atom. The van der Waals surface area contributed by atoms with Crippen molar-refractivity contribution >= 4 is 15.8 Å². The Morgan fingerprint density at radius 2 is 1.66 bits per heavy atom. The predicted octanol–water partition coefficient (Wildman–Crippen LogP) is 4.24. The van der Waals surface area contributed by atoms with Gasteiger partial charge < -0.3 is 9.30 Å². The summed E-state index contributed by atoms with van der Waals surface area (Å²) in [7, 11) is -2.49. The Balaban J connectivity index is 1.74. The van der Waals surface area contributed by atoms with Crippen molar-refractivity contribution in [2.24, 2.45) is 0 Å². The molecule has 0 atom stereocenters. The van der Waals surface area contributed by atoms with E-state index in [4.69, 9.17) is 10.00 Å². The molecular weight excluding hydrogens is 464 g/mol. The number of rotatable bonds is 8. The van der Waals surface area contributed by atoms with Gasteiger partial charge in [-0.3, -0.25) is 4.79 Å². The number of carbonyl (C=O) groups excluding carboxylic acids is 1. The molecule has 0 saturated heterocycles. The summed E-state index contributed by atoms with van der Waals surface area (Å²) in [5.74, 6) is 0.699. The van der Waals surface area contributed by atoms with Gasteiger partial charge in [0, 0.05) is 24.6 Å². The molecule has 0 aliphatic carbocycles. The number of imidazole rings is 1. The molecule has 1 heterocycles. The fraction of sp³-hybridized carbons (Fsp3) is 0.115. The zero-order valence-corrected chi connectivity index (χ0v) is 19.9. The van der Waals surface area contributed by atoms with Gasteiger partial charge >= 0.3 is 0 Å². The van der Waals surface area contributed by atoms with Crippen LogP contribution < -0.4 is 9.46 Å². The molecule has 4 rings (SSSR count). The second-order valence-electron chi connectivity index (χ2n) is 7.71. The van der Waals surface area contributed by atoms with E-state index in [1.54, 1.807) is 30.3 Å². The van der Waals surface area contributed by atoms with Crippen LogP contribution in [0.25, 0.3) is 22.5 Å². The Kier molecular flexibility index (Phi) is 6.66. The summed E-state index contributed by atoms with van der Waals surface area (Å²) in [6.07, 6.45) is 1.48. The number of nitrogens with zero attached hydrogens (tertiary/aromatic N) is 3. The fourth-order valence-corrected chi connectivity index (χ4v) is 4.87. The lowest BCUT2D eigenvalue weighted by Gasteiger charge is -2.13. The van der Waals surface area contributed by atoms with Gasteiger partial charge in [-0.2, -0.15) is 10.2 Å². The summed E-state index contributed by atoms with van der Waals surface area (Å²) in [6.45, 7) is 1.83. The van der Waals surface area contributed by atoms with Crippen LogP contribution in [0.4, 0.5) is 0 Å². The van der Waals surface area contributed by atoms with Crippen molar-refractivity contribution in [2.45, 2.75) is 18.4 Å². The van der Waals surface area contributed by atoms with Crippen molar-refractivity contribution in [2.75, 3.05) is 7.11 Å². The number of sulfonamides is 1. The van der Waals surface area contributed by atoms with Crippen LogP contribution in [0.5, 0.6) is 5.88 Å². The van der Waals surface area contributed by atoms with Crippen molar-refractivity contribution in [3.05, 3.63) is 90.1 Å². The van der Waals surface area contributed by atoms with E-state index in [-0.39, 0.29) is 16.6 Å². The first-order chi connectivity index (χ1) is 16.9. The highest BCUT2D eigenvalue weighted by Gasteiger charge is 2.23. The molecule has 0 unspecified atom stereocenters. The van der Waals surface area contributed by atoms with Crippen LogP contribution in [0.15, 0.2) is 83.8 Å². The molecule has 4 aromatic rings. The number of ketones is 1. The third kappa shape index (κ3) is 4.78. The van der Waals surface area contributed by atoms with Crippen molar-refractivity contribution in [3.63, 3.8) is 0 Å². The standard InChI is InChI=1S/C26H22N4O4S/c1-18(31)24-26(34-2)29-25(21-8-4-3-5-9-21)30(24)16-19-12-14-20(15-13-19)22-10-6-7-11-23(22)35(32,33)28-17-27/h3-15,28H,16H2,1-2H3. The van der Waals surface area contributed by atoms with Crippen LogP contribution in [0.1, 0.15) is 23.0 Å². The van der Waals surface area contributed by atoms with Crippen LogP contribution in [0.3, 0.4) is 0 Å². The van der Waals surface area contributed by atoms with Crippen molar-refractivity contribution < 1.29 is 17.9 Å². The molecule has 1 N–H and O–H groups in total. The quantitative estimate of drug-likeness (QED) is 0.226. The fourth-order valence-electron chi connectivity index (χ4n) is 3.90. The maximum atomic E-state index is 12.5. The molecule has 9 heteroatoms. The predicted molar refractivity (Wildman–Crippen MR) is 131 cm³/mol. The van der Waals surface area contributed by atoms with Gasteiger partial charge in [0.2, 0.25) is 5.88 Å². The lowest BCUT2D eigenvalue weighted by Crippen LogP contribution is -2.18. The normalized spacial score (nSPS) is 11.0. The molecule has 3 aromatic carbocycles. The first-order valence-electron chi connectivity index (χ1n) is 10.7. The van der Waals surface area contributed by atoms with E-state index < -0.39 is 10.0 Å². The lowest BCUT2D eigenvalue weighted by atomic mass is 10.0. The second-order valence-corrected chi connectivity index (χ2v) is 9.36. The number of nitrogens with one attached hydrogen (secondary N) is 1. The zero-order chi connectivity index (χ0) is 25.0. The summed E-state index contributed by atoms with van der Waals surface area (Å²) < 4.78 is 34.0. The van der Waals surface area contributed by atoms with E-state index >= 15 is 0 Å². The van der Waals surface area contributed by atoms with Gasteiger partial charge in [0.05, 0.1) is 12.0 Å². The minimum Gasteiger partial charge on any atom is -0.479 e. The van der Waals surface area contributed by atoms with Crippen LogP contribution in [0.2, 0.25) is 0 Å². The molecule has 0 bridgehead atoms. The summed E-state index contributed by atoms with van der Waals surface area (Å²) in [6, 6.07) is 23.3. The third-order valence-corrected chi connectivity index (χ3v) is 6.75. The number of ether oxygens (including phenoxy) is 1. The molecule has 0 saturated carbocycles. The summed E-state index contributed by atoms with van der Waals surface area (Å²) in [5, 5.41) is 8.81. The molecule has 176 valence electrons. The minimum absolute atomic E-state index is 0.0128. The molecule has 1 aromatic heterocycles. The summed E-state index contributed by atoms with van der Waals surface area (Å²) in [5.41, 5.74) is 3.24. The Labute approximate surface area is 203 Å². The van der Waals surface area contributed by atoms with Gasteiger partial charge in [-0.1, -0.05) is 72.8 Å². The largest absolute Gasteiger partial charge is 0.479 e. The maximum absolute atomic E-state index is 12.5. The molecular formula is C26H22N4O4S. The average molecular weight is 487 g/mol. The first kappa shape index (κ1) is 23.7. The summed E-state index contributed by atoms with van der Waals surface area (Å²) in [4.78, 5) is 17.0. The molecule has 0 radical (unpaired) electrons. The van der Waals surface area contributed by atoms with Crippen molar-refractivity contribution in [1.29, 1.82) is 5.26 Å². The van der Waals surface area contributed by atoms with Gasteiger partial charge in [-0.25, -0.2) is 13.1 Å². The average Bonchev–Trinajstić information content (AvgIpc) is 3.23. The number of methoxy groups -OCH3 is 1. The second kappa shape index (κ2) is 9.83. The van der Waals surface area contributed by atoms with Crippen LogP contribution in [-0.4, -0.2) is 30.9 Å². The van der Waals surface area contributed by atoms with Gasteiger partial charge in [-0.05, 0) is 17.2 Å². The highest BCUT2D eigenvalue weighted by Crippen LogP contribution is 2.30. The first-order valence-corrected chi connectivity index (χ1v) is 12.1. The maximum Gasteiger partial charge on any atom is 0.270 e. The van der Waals surface area contributed by atoms with E-state index in [2.05, 4.69) is 4.98 Å². The molecule has 0 aliphatic rings. The Bertz CT molecular complexity index is 1520. The van der Waals surface area contributed by atoms with Crippen molar-refractivity contribution in [1.82, 2.24) is 14.3 Å². The number of carbonyl (C=O) groups is 1. The highest BCUT2D eigenvalue weighted by atomic mass is 32.2. The highest BCUT2D eigenvalue weighted by molar-refractivity contribution is 7.89. The smallest absolute Gasteiger partial charge is 0.270 e. The Morgan fingerprint density at radius 3 is 2.29 bits per heavy atom. The van der Waals surface area contributed by atoms with Gasteiger partial charge in [0.1, 0.15) is 11.5 Å². The zero-order valence-electron chi connectivity index (χ0n) is 19.1. The molecule has 0 amide bonds. The van der Waals surface area contributed by atoms with Gasteiger partial charge in [0.25, 0.3) is 10.0 Å². The van der Waals surface area contributed by atoms with E-state index in [0.717, 1.165) is 11.1 Å². The molecule has 8 nitrogen and oxygen atoms in total.